The molecular weight excluding hydrogens is 424 g/mol. The highest BCUT2D eigenvalue weighted by Crippen LogP contribution is 2.26. The number of hydrogen-bond donors (Lipinski definition) is 2. The summed E-state index contributed by atoms with van der Waals surface area (Å²) in [5, 5.41) is 14.0. The van der Waals surface area contributed by atoms with Gasteiger partial charge in [0.2, 0.25) is 0 Å². The molecule has 6 heteroatoms. The number of rotatable bonds is 6. The van der Waals surface area contributed by atoms with E-state index in [2.05, 4.69) is 27.9 Å². The van der Waals surface area contributed by atoms with Gasteiger partial charge in [0, 0.05) is 21.9 Å². The van der Waals surface area contributed by atoms with Gasteiger partial charge in [-0.15, -0.1) is 0 Å². The normalized spacial score (nSPS) is 12.0. The van der Waals surface area contributed by atoms with Crippen molar-refractivity contribution >= 4 is 51.5 Å². The molecule has 0 aromatic heterocycles. The molecule has 0 aliphatic rings. The molecule has 1 atom stereocenters. The lowest BCUT2D eigenvalue weighted by molar-refractivity contribution is 0.117. The second-order valence-corrected chi connectivity index (χ2v) is 6.49. The van der Waals surface area contributed by atoms with Crippen LogP contribution in [0.1, 0.15) is 0 Å². The summed E-state index contributed by atoms with van der Waals surface area (Å²) < 4.78 is 6.65. The molecule has 0 bridgehead atoms. The van der Waals surface area contributed by atoms with E-state index >= 15 is 0 Å². The van der Waals surface area contributed by atoms with E-state index in [1.165, 1.54) is 3.57 Å². The van der Waals surface area contributed by atoms with Crippen molar-refractivity contribution in [3.63, 3.8) is 0 Å². The third-order valence-corrected chi connectivity index (χ3v) is 4.18. The summed E-state index contributed by atoms with van der Waals surface area (Å²) in [6.07, 6.45) is -0.626. The Kier molecular flexibility index (Phi) is 6.41. The van der Waals surface area contributed by atoms with E-state index in [0.717, 1.165) is 5.69 Å². The van der Waals surface area contributed by atoms with Gasteiger partial charge >= 0.3 is 0 Å². The fourth-order valence-corrected chi connectivity index (χ4v) is 2.27. The summed E-state index contributed by atoms with van der Waals surface area (Å²) in [4.78, 5) is 0. The van der Waals surface area contributed by atoms with E-state index in [1.807, 2.05) is 24.3 Å². The lowest BCUT2D eigenvalue weighted by Crippen LogP contribution is -2.26. The van der Waals surface area contributed by atoms with Crippen LogP contribution >= 0.6 is 45.8 Å². The molecule has 0 aliphatic heterocycles. The molecule has 0 aliphatic carbocycles. The third-order valence-electron chi connectivity index (χ3n) is 2.72. The molecule has 0 radical (unpaired) electrons. The zero-order valence-corrected chi connectivity index (χ0v) is 14.7. The van der Waals surface area contributed by atoms with Crippen molar-refractivity contribution in [2.24, 2.45) is 0 Å². The van der Waals surface area contributed by atoms with Crippen molar-refractivity contribution in [2.75, 3.05) is 18.5 Å². The first-order valence-corrected chi connectivity index (χ1v) is 8.13. The van der Waals surface area contributed by atoms with E-state index < -0.39 is 6.10 Å². The molecule has 0 spiro atoms. The summed E-state index contributed by atoms with van der Waals surface area (Å²) in [6, 6.07) is 12.9. The first-order chi connectivity index (χ1) is 10.0. The predicted octanol–water partition coefficient (Wildman–Crippen LogP) is 4.45. The average molecular weight is 438 g/mol. The van der Waals surface area contributed by atoms with E-state index in [-0.39, 0.29) is 6.61 Å². The highest BCUT2D eigenvalue weighted by atomic mass is 127. The van der Waals surface area contributed by atoms with Crippen molar-refractivity contribution in [3.05, 3.63) is 56.1 Å². The number of aliphatic hydroxyl groups excluding tert-OH is 1. The maximum atomic E-state index is 9.90. The zero-order valence-electron chi connectivity index (χ0n) is 11.0. The molecule has 0 fully saturated rings. The summed E-state index contributed by atoms with van der Waals surface area (Å²) in [7, 11) is 0. The number of ether oxygens (including phenoxy) is 1. The number of nitrogens with one attached hydrogen (secondary N) is 1. The van der Waals surface area contributed by atoms with Crippen molar-refractivity contribution in [2.45, 2.75) is 6.10 Å². The minimum atomic E-state index is -0.626. The Labute approximate surface area is 147 Å². The van der Waals surface area contributed by atoms with Crippen LogP contribution in [0.5, 0.6) is 5.75 Å². The van der Waals surface area contributed by atoms with Crippen LogP contribution in [0.15, 0.2) is 42.5 Å². The largest absolute Gasteiger partial charge is 0.491 e. The van der Waals surface area contributed by atoms with Gasteiger partial charge in [0.05, 0.1) is 10.0 Å². The molecular formula is C15H14Cl2INO2. The number of aliphatic hydroxyl groups is 1. The topological polar surface area (TPSA) is 41.5 Å². The molecule has 2 aromatic rings. The average Bonchev–Trinajstić information content (AvgIpc) is 2.48. The Balaban J connectivity index is 1.77. The molecule has 3 nitrogen and oxygen atoms in total. The predicted molar refractivity (Wildman–Crippen MR) is 95.6 cm³/mol. The van der Waals surface area contributed by atoms with Gasteiger partial charge < -0.3 is 15.2 Å². The van der Waals surface area contributed by atoms with E-state index in [4.69, 9.17) is 27.9 Å². The Hall–Kier alpha value is -0.690. The maximum absolute atomic E-state index is 9.90. The van der Waals surface area contributed by atoms with Crippen molar-refractivity contribution < 1.29 is 9.84 Å². The van der Waals surface area contributed by atoms with Crippen LogP contribution in [-0.2, 0) is 0 Å². The SMILES string of the molecule is OC(CNc1ccc(I)cc1)COc1ccc(Cl)c(Cl)c1. The zero-order chi connectivity index (χ0) is 15.2. The van der Waals surface area contributed by atoms with Crippen LogP contribution in [-0.4, -0.2) is 24.4 Å². The van der Waals surface area contributed by atoms with Crippen molar-refractivity contribution in [3.8, 4) is 5.75 Å². The van der Waals surface area contributed by atoms with Crippen LogP contribution in [0, 0.1) is 3.57 Å². The number of hydrogen-bond acceptors (Lipinski definition) is 3. The molecule has 2 aromatic carbocycles. The molecule has 2 rings (SSSR count). The number of benzene rings is 2. The lowest BCUT2D eigenvalue weighted by atomic mass is 10.3. The molecule has 2 N–H and O–H groups in total. The van der Waals surface area contributed by atoms with Gasteiger partial charge in [-0.3, -0.25) is 0 Å². The number of halogens is 3. The van der Waals surface area contributed by atoms with Crippen LogP contribution in [0.2, 0.25) is 10.0 Å². The molecule has 0 heterocycles. The van der Waals surface area contributed by atoms with E-state index in [1.54, 1.807) is 18.2 Å². The van der Waals surface area contributed by atoms with Crippen molar-refractivity contribution in [1.29, 1.82) is 0 Å². The Morgan fingerprint density at radius 3 is 2.48 bits per heavy atom. The van der Waals surface area contributed by atoms with Gasteiger partial charge in [-0.2, -0.15) is 0 Å². The Morgan fingerprint density at radius 1 is 1.10 bits per heavy atom. The highest BCUT2D eigenvalue weighted by molar-refractivity contribution is 14.1. The van der Waals surface area contributed by atoms with Gasteiger partial charge in [0.15, 0.2) is 0 Å². The first kappa shape index (κ1) is 16.7. The summed E-state index contributed by atoms with van der Waals surface area (Å²) in [5.41, 5.74) is 0.962. The summed E-state index contributed by atoms with van der Waals surface area (Å²) in [6.45, 7) is 0.581. The Morgan fingerprint density at radius 2 is 1.81 bits per heavy atom. The molecule has 0 saturated heterocycles. The molecule has 112 valence electrons. The fraction of sp³-hybridized carbons (Fsp3) is 0.200. The third kappa shape index (κ3) is 5.54. The molecule has 0 amide bonds. The fourth-order valence-electron chi connectivity index (χ4n) is 1.62. The van der Waals surface area contributed by atoms with Gasteiger partial charge in [-0.05, 0) is 59.0 Å². The second kappa shape index (κ2) is 8.08. The van der Waals surface area contributed by atoms with Crippen molar-refractivity contribution in [1.82, 2.24) is 0 Å². The van der Waals surface area contributed by atoms with Gasteiger partial charge in [0.1, 0.15) is 18.5 Å². The van der Waals surface area contributed by atoms with E-state index in [0.29, 0.717) is 22.3 Å². The lowest BCUT2D eigenvalue weighted by Gasteiger charge is -2.14. The minimum absolute atomic E-state index is 0.176. The smallest absolute Gasteiger partial charge is 0.121 e. The Bertz CT molecular complexity index is 593. The molecule has 0 saturated carbocycles. The monoisotopic (exact) mass is 437 g/mol. The first-order valence-electron chi connectivity index (χ1n) is 6.30. The summed E-state index contributed by atoms with van der Waals surface area (Å²) >= 11 is 14.0. The quantitative estimate of drug-likeness (QED) is 0.656. The standard InChI is InChI=1S/C15H14Cl2INO2/c16-14-6-5-13(7-15(14)17)21-9-12(20)8-19-11-3-1-10(18)2-4-11/h1-7,12,19-20H,8-9H2. The van der Waals surface area contributed by atoms with Gasteiger partial charge in [-0.25, -0.2) is 0 Å². The molecule has 21 heavy (non-hydrogen) atoms. The summed E-state index contributed by atoms with van der Waals surface area (Å²) in [5.74, 6) is 0.581. The van der Waals surface area contributed by atoms with Gasteiger partial charge in [-0.1, -0.05) is 23.2 Å². The van der Waals surface area contributed by atoms with Crippen LogP contribution in [0.3, 0.4) is 0 Å². The number of anilines is 1. The van der Waals surface area contributed by atoms with Crippen LogP contribution in [0.25, 0.3) is 0 Å². The second-order valence-electron chi connectivity index (χ2n) is 4.43. The van der Waals surface area contributed by atoms with Gasteiger partial charge in [0.25, 0.3) is 0 Å². The van der Waals surface area contributed by atoms with Crippen LogP contribution < -0.4 is 10.1 Å². The highest BCUT2D eigenvalue weighted by Gasteiger charge is 2.06. The minimum Gasteiger partial charge on any atom is -0.491 e. The van der Waals surface area contributed by atoms with Crippen LogP contribution in [0.4, 0.5) is 5.69 Å². The maximum Gasteiger partial charge on any atom is 0.121 e. The van der Waals surface area contributed by atoms with E-state index in [9.17, 15) is 5.11 Å². The molecule has 1 unspecified atom stereocenters.